The van der Waals surface area contributed by atoms with Crippen LogP contribution in [0.3, 0.4) is 0 Å². The predicted octanol–water partition coefficient (Wildman–Crippen LogP) is 7.45. The molecule has 5 heteroatoms. The Labute approximate surface area is 182 Å². The molecule has 0 heterocycles. The van der Waals surface area contributed by atoms with Crippen molar-refractivity contribution in [3.8, 4) is 0 Å². The Kier molecular flexibility index (Phi) is 19.7. The maximum absolute atomic E-state index is 10.9. The lowest BCUT2D eigenvalue weighted by Crippen LogP contribution is -2.16. The lowest BCUT2D eigenvalue weighted by atomic mass is 10.0. The van der Waals surface area contributed by atoms with Gasteiger partial charge < -0.3 is 5.11 Å². The van der Waals surface area contributed by atoms with Crippen LogP contribution in [0.25, 0.3) is 0 Å². The summed E-state index contributed by atoms with van der Waals surface area (Å²) in [6.45, 7) is 3.82. The van der Waals surface area contributed by atoms with Crippen LogP contribution in [0.5, 0.6) is 0 Å². The lowest BCUT2D eigenvalue weighted by Gasteiger charge is -2.10. The molecule has 0 aliphatic carbocycles. The monoisotopic (exact) mass is 434 g/mol. The molecule has 0 aromatic rings. The van der Waals surface area contributed by atoms with E-state index >= 15 is 0 Å². The summed E-state index contributed by atoms with van der Waals surface area (Å²) in [5.74, 6) is 0. The van der Waals surface area contributed by atoms with E-state index in [2.05, 4.69) is 6.92 Å². The topological polar surface area (TPSA) is 74.6 Å². The van der Waals surface area contributed by atoms with E-state index in [4.69, 9.17) is 4.55 Å². The van der Waals surface area contributed by atoms with Crippen LogP contribution in [0.2, 0.25) is 0 Å². The van der Waals surface area contributed by atoms with Crippen molar-refractivity contribution in [1.82, 2.24) is 0 Å². The molecule has 0 fully saturated rings. The van der Waals surface area contributed by atoms with Gasteiger partial charge in [-0.1, -0.05) is 116 Å². The highest BCUT2D eigenvalue weighted by Gasteiger charge is 2.15. The van der Waals surface area contributed by atoms with Crippen LogP contribution in [0, 0.1) is 0 Å². The van der Waals surface area contributed by atoms with Crippen molar-refractivity contribution in [3.05, 3.63) is 0 Å². The molecule has 0 radical (unpaired) electrons. The molecule has 176 valence electrons. The van der Waals surface area contributed by atoms with Crippen LogP contribution in [0.4, 0.5) is 0 Å². The highest BCUT2D eigenvalue weighted by atomic mass is 32.2. The highest BCUT2D eigenvalue weighted by Crippen LogP contribution is 2.16. The minimum absolute atomic E-state index is 0.0887. The van der Waals surface area contributed by atoms with Gasteiger partial charge >= 0.3 is 0 Å². The van der Waals surface area contributed by atoms with Gasteiger partial charge in [-0.2, -0.15) is 8.42 Å². The van der Waals surface area contributed by atoms with Crippen LogP contribution in [0.1, 0.15) is 142 Å². The Morgan fingerprint density at radius 2 is 0.897 bits per heavy atom. The average Bonchev–Trinajstić information content (AvgIpc) is 2.67. The summed E-state index contributed by atoms with van der Waals surface area (Å²) in [6, 6.07) is 0. The maximum Gasteiger partial charge on any atom is 0.267 e. The molecule has 0 amide bonds. The largest absolute Gasteiger partial charge is 0.393 e. The Morgan fingerprint density at radius 3 is 1.24 bits per heavy atom. The molecule has 2 atom stereocenters. The van der Waals surface area contributed by atoms with Crippen molar-refractivity contribution in [2.24, 2.45) is 0 Å². The smallest absolute Gasteiger partial charge is 0.267 e. The minimum atomic E-state index is -3.85. The summed E-state index contributed by atoms with van der Waals surface area (Å²) in [5.41, 5.74) is 0. The maximum atomic E-state index is 10.9. The fourth-order valence-corrected chi connectivity index (χ4v) is 4.32. The standard InChI is InChI=1S/C24H50O4S/c1-3-4-5-6-11-15-18-21-24(25)22-19-16-13-10-8-7-9-12-14-17-20-23(2)29(26,27)28/h23-25H,3-22H2,1-2H3,(H,26,27,28). The molecule has 0 spiro atoms. The van der Waals surface area contributed by atoms with Gasteiger partial charge in [0.2, 0.25) is 0 Å². The van der Waals surface area contributed by atoms with Gasteiger partial charge in [-0.15, -0.1) is 0 Å². The first-order valence-corrected chi connectivity index (χ1v) is 14.0. The quantitative estimate of drug-likeness (QED) is 0.137. The van der Waals surface area contributed by atoms with Gasteiger partial charge in [-0.25, -0.2) is 0 Å². The first-order chi connectivity index (χ1) is 13.9. The first kappa shape index (κ1) is 28.9. The van der Waals surface area contributed by atoms with Crippen LogP contribution >= 0.6 is 0 Å². The molecule has 0 aromatic carbocycles. The normalized spacial score (nSPS) is 14.2. The lowest BCUT2D eigenvalue weighted by molar-refractivity contribution is 0.147. The first-order valence-electron chi connectivity index (χ1n) is 12.5. The summed E-state index contributed by atoms with van der Waals surface area (Å²) >= 11 is 0. The fourth-order valence-electron chi connectivity index (χ4n) is 3.86. The fraction of sp³-hybridized carbons (Fsp3) is 1.00. The van der Waals surface area contributed by atoms with Crippen molar-refractivity contribution >= 4 is 10.1 Å². The van der Waals surface area contributed by atoms with Crippen molar-refractivity contribution < 1.29 is 18.1 Å². The van der Waals surface area contributed by atoms with E-state index in [0.717, 1.165) is 38.5 Å². The van der Waals surface area contributed by atoms with E-state index in [1.54, 1.807) is 6.92 Å². The van der Waals surface area contributed by atoms with Crippen molar-refractivity contribution in [3.63, 3.8) is 0 Å². The summed E-state index contributed by atoms with van der Waals surface area (Å²) in [6.07, 6.45) is 23.4. The molecule has 0 aliphatic rings. The third-order valence-electron chi connectivity index (χ3n) is 6.05. The minimum Gasteiger partial charge on any atom is -0.393 e. The average molecular weight is 435 g/mol. The molecule has 0 saturated heterocycles. The molecule has 4 nitrogen and oxygen atoms in total. The number of unbranched alkanes of at least 4 members (excludes halogenated alkanes) is 15. The summed E-state index contributed by atoms with van der Waals surface area (Å²) < 4.78 is 30.8. The second-order valence-corrected chi connectivity index (χ2v) is 10.8. The Hall–Kier alpha value is -0.130. The zero-order valence-corrected chi connectivity index (χ0v) is 20.2. The van der Waals surface area contributed by atoms with Crippen molar-refractivity contribution in [2.75, 3.05) is 0 Å². The number of hydrogen-bond acceptors (Lipinski definition) is 3. The number of rotatable bonds is 22. The summed E-state index contributed by atoms with van der Waals surface area (Å²) in [5, 5.41) is 9.44. The third-order valence-corrected chi connectivity index (χ3v) is 7.30. The Bertz CT molecular complexity index is 436. The zero-order chi connectivity index (χ0) is 21.8. The molecule has 0 aliphatic heterocycles. The van der Waals surface area contributed by atoms with Gasteiger partial charge in [0.25, 0.3) is 10.1 Å². The van der Waals surface area contributed by atoms with E-state index < -0.39 is 15.4 Å². The van der Waals surface area contributed by atoms with Gasteiger partial charge in [0, 0.05) is 0 Å². The highest BCUT2D eigenvalue weighted by molar-refractivity contribution is 7.86. The summed E-state index contributed by atoms with van der Waals surface area (Å²) in [4.78, 5) is 0. The second-order valence-electron chi connectivity index (χ2n) is 9.00. The van der Waals surface area contributed by atoms with Gasteiger partial charge in [0.1, 0.15) is 0 Å². The molecule has 29 heavy (non-hydrogen) atoms. The molecular formula is C24H50O4S. The predicted molar refractivity (Wildman–Crippen MR) is 125 cm³/mol. The molecule has 0 bridgehead atoms. The Morgan fingerprint density at radius 1 is 0.586 bits per heavy atom. The van der Waals surface area contributed by atoms with Crippen LogP contribution in [-0.2, 0) is 10.1 Å². The number of aliphatic hydroxyl groups excluding tert-OH is 1. The van der Waals surface area contributed by atoms with Gasteiger partial charge in [0.05, 0.1) is 11.4 Å². The van der Waals surface area contributed by atoms with Gasteiger partial charge in [-0.3, -0.25) is 4.55 Å². The van der Waals surface area contributed by atoms with E-state index in [0.29, 0.717) is 6.42 Å². The van der Waals surface area contributed by atoms with E-state index in [-0.39, 0.29) is 6.10 Å². The van der Waals surface area contributed by atoms with Gasteiger partial charge in [0.15, 0.2) is 0 Å². The van der Waals surface area contributed by atoms with Crippen LogP contribution in [0.15, 0.2) is 0 Å². The zero-order valence-electron chi connectivity index (χ0n) is 19.4. The number of hydrogen-bond donors (Lipinski definition) is 2. The van der Waals surface area contributed by atoms with Crippen molar-refractivity contribution in [2.45, 2.75) is 154 Å². The Balaban J connectivity index is 3.25. The van der Waals surface area contributed by atoms with Crippen LogP contribution < -0.4 is 0 Å². The molecule has 0 rings (SSSR count). The molecule has 0 saturated carbocycles. The van der Waals surface area contributed by atoms with E-state index in [1.807, 2.05) is 0 Å². The molecule has 2 N–H and O–H groups in total. The van der Waals surface area contributed by atoms with Crippen LogP contribution in [-0.4, -0.2) is 29.4 Å². The molecule has 2 unspecified atom stereocenters. The van der Waals surface area contributed by atoms with E-state index in [1.165, 1.54) is 83.5 Å². The van der Waals surface area contributed by atoms with E-state index in [9.17, 15) is 13.5 Å². The number of aliphatic hydroxyl groups is 1. The summed E-state index contributed by atoms with van der Waals surface area (Å²) in [7, 11) is -3.85. The second kappa shape index (κ2) is 19.8. The molecule has 0 aromatic heterocycles. The SMILES string of the molecule is CCCCCCCCCC(O)CCCCCCCCCCCCC(C)S(=O)(=O)O. The third kappa shape index (κ3) is 20.9. The van der Waals surface area contributed by atoms with Crippen molar-refractivity contribution in [1.29, 1.82) is 0 Å². The van der Waals surface area contributed by atoms with Gasteiger partial charge in [-0.05, 0) is 26.2 Å². The molecular weight excluding hydrogens is 384 g/mol.